The van der Waals surface area contributed by atoms with Crippen LogP contribution in [0.25, 0.3) is 10.8 Å². The number of hydrogen-bond acceptors (Lipinski definition) is 3. The highest BCUT2D eigenvalue weighted by Crippen LogP contribution is 2.32. The van der Waals surface area contributed by atoms with E-state index in [0.29, 0.717) is 12.4 Å². The van der Waals surface area contributed by atoms with E-state index in [1.54, 1.807) is 4.57 Å². The molecule has 0 unspecified atom stereocenters. The molecule has 1 aromatic heterocycles. The fraction of sp³-hybridized carbons (Fsp3) is 0.471. The van der Waals surface area contributed by atoms with E-state index in [9.17, 15) is 4.79 Å². The third-order valence-electron chi connectivity index (χ3n) is 4.79. The highest BCUT2D eigenvalue weighted by atomic mass is 16.1. The summed E-state index contributed by atoms with van der Waals surface area (Å²) in [6.07, 6.45) is 2.20. The van der Waals surface area contributed by atoms with Crippen LogP contribution in [0.2, 0.25) is 0 Å². The van der Waals surface area contributed by atoms with E-state index in [-0.39, 0.29) is 11.0 Å². The summed E-state index contributed by atoms with van der Waals surface area (Å²) in [6, 6.07) is 9.57. The summed E-state index contributed by atoms with van der Waals surface area (Å²) >= 11 is 0. The number of nitrogens with two attached hydrogens (primary N) is 1. The molecule has 4 heteroatoms. The van der Waals surface area contributed by atoms with Crippen LogP contribution in [0, 0.1) is 5.41 Å². The first-order valence-corrected chi connectivity index (χ1v) is 7.55. The molecule has 0 spiro atoms. The summed E-state index contributed by atoms with van der Waals surface area (Å²) in [5.41, 5.74) is 6.32. The number of aromatic nitrogens is 1. The molecular formula is C17H23N3O. The van der Waals surface area contributed by atoms with Gasteiger partial charge in [0.2, 0.25) is 0 Å². The van der Waals surface area contributed by atoms with Crippen molar-refractivity contribution in [2.45, 2.75) is 26.3 Å². The molecule has 1 fully saturated rings. The van der Waals surface area contributed by atoms with Gasteiger partial charge in [0.25, 0.3) is 5.56 Å². The van der Waals surface area contributed by atoms with Crippen molar-refractivity contribution < 1.29 is 0 Å². The second-order valence-electron chi connectivity index (χ2n) is 6.66. The van der Waals surface area contributed by atoms with Gasteiger partial charge in [0.1, 0.15) is 5.82 Å². The number of hydrogen-bond donors (Lipinski definition) is 1. The van der Waals surface area contributed by atoms with Gasteiger partial charge in [-0.05, 0) is 55.9 Å². The Hall–Kier alpha value is -1.81. The van der Waals surface area contributed by atoms with Gasteiger partial charge in [0, 0.05) is 11.9 Å². The van der Waals surface area contributed by atoms with E-state index < -0.39 is 0 Å². The lowest BCUT2D eigenvalue weighted by Crippen LogP contribution is -2.40. The molecule has 2 heterocycles. The monoisotopic (exact) mass is 285 g/mol. The van der Waals surface area contributed by atoms with Gasteiger partial charge < -0.3 is 10.6 Å². The zero-order valence-electron chi connectivity index (χ0n) is 12.8. The lowest BCUT2D eigenvalue weighted by atomic mass is 9.80. The molecule has 2 aromatic rings. The maximum Gasteiger partial charge on any atom is 0.259 e. The largest absolute Gasteiger partial charge is 0.385 e. The average molecular weight is 285 g/mol. The summed E-state index contributed by atoms with van der Waals surface area (Å²) in [5, 5.41) is 1.67. The number of nitrogen functional groups attached to an aromatic ring is 1. The molecule has 0 aliphatic carbocycles. The molecule has 0 radical (unpaired) electrons. The van der Waals surface area contributed by atoms with Gasteiger partial charge in [-0.25, -0.2) is 0 Å². The Morgan fingerprint density at radius 1 is 1.24 bits per heavy atom. The van der Waals surface area contributed by atoms with Crippen molar-refractivity contribution in [1.29, 1.82) is 0 Å². The van der Waals surface area contributed by atoms with Crippen LogP contribution >= 0.6 is 0 Å². The van der Waals surface area contributed by atoms with Crippen molar-refractivity contribution in [3.8, 4) is 0 Å². The molecular weight excluding hydrogens is 262 g/mol. The molecule has 3 rings (SSSR count). The number of fused-ring (bicyclic) bond motifs is 1. The van der Waals surface area contributed by atoms with Crippen LogP contribution in [0.5, 0.6) is 0 Å². The van der Waals surface area contributed by atoms with Crippen molar-refractivity contribution in [1.82, 2.24) is 9.47 Å². The molecule has 0 amide bonds. The summed E-state index contributed by atoms with van der Waals surface area (Å²) < 4.78 is 1.76. The summed E-state index contributed by atoms with van der Waals surface area (Å²) in [6.45, 7) is 5.13. The SMILES string of the molecule is CN1CCC(C)(Cn2c(N)cc3ccccc3c2=O)CC1. The van der Waals surface area contributed by atoms with Crippen molar-refractivity contribution in [2.24, 2.45) is 5.41 Å². The molecule has 4 nitrogen and oxygen atoms in total. The van der Waals surface area contributed by atoms with Crippen LogP contribution in [-0.2, 0) is 6.54 Å². The molecule has 21 heavy (non-hydrogen) atoms. The van der Waals surface area contributed by atoms with Crippen LogP contribution < -0.4 is 11.3 Å². The molecule has 1 aliphatic rings. The van der Waals surface area contributed by atoms with Gasteiger partial charge >= 0.3 is 0 Å². The predicted molar refractivity (Wildman–Crippen MR) is 87.5 cm³/mol. The van der Waals surface area contributed by atoms with Crippen LogP contribution in [0.3, 0.4) is 0 Å². The lowest BCUT2D eigenvalue weighted by Gasteiger charge is -2.38. The fourth-order valence-corrected chi connectivity index (χ4v) is 3.18. The van der Waals surface area contributed by atoms with E-state index in [4.69, 9.17) is 5.73 Å². The quantitative estimate of drug-likeness (QED) is 0.921. The minimum Gasteiger partial charge on any atom is -0.385 e. The van der Waals surface area contributed by atoms with Crippen molar-refractivity contribution in [3.05, 3.63) is 40.7 Å². The van der Waals surface area contributed by atoms with E-state index in [1.165, 1.54) is 0 Å². The molecule has 1 aliphatic heterocycles. The fourth-order valence-electron chi connectivity index (χ4n) is 3.18. The van der Waals surface area contributed by atoms with Gasteiger partial charge in [0.05, 0.1) is 0 Å². The summed E-state index contributed by atoms with van der Waals surface area (Å²) in [4.78, 5) is 15.0. The Labute approximate surface area is 125 Å². The second kappa shape index (κ2) is 5.19. The molecule has 0 bridgehead atoms. The number of nitrogens with zero attached hydrogens (tertiary/aromatic N) is 2. The van der Waals surface area contributed by atoms with Crippen LogP contribution in [0.1, 0.15) is 19.8 Å². The number of likely N-dealkylation sites (tertiary alicyclic amines) is 1. The van der Waals surface area contributed by atoms with E-state index in [1.807, 2.05) is 30.3 Å². The molecule has 0 atom stereocenters. The van der Waals surface area contributed by atoms with Crippen LogP contribution in [0.4, 0.5) is 5.82 Å². The van der Waals surface area contributed by atoms with Gasteiger partial charge in [-0.15, -0.1) is 0 Å². The molecule has 2 N–H and O–H groups in total. The van der Waals surface area contributed by atoms with E-state index in [2.05, 4.69) is 18.9 Å². The number of pyridine rings is 1. The number of piperidine rings is 1. The smallest absolute Gasteiger partial charge is 0.259 e. The predicted octanol–water partition coefficient (Wildman–Crippen LogP) is 2.32. The molecule has 0 saturated carbocycles. The maximum atomic E-state index is 12.7. The number of benzene rings is 1. The van der Waals surface area contributed by atoms with E-state index in [0.717, 1.165) is 36.7 Å². The third-order valence-corrected chi connectivity index (χ3v) is 4.79. The van der Waals surface area contributed by atoms with Crippen molar-refractivity contribution >= 4 is 16.6 Å². The highest BCUT2D eigenvalue weighted by Gasteiger charge is 2.30. The van der Waals surface area contributed by atoms with Gasteiger partial charge in [0.15, 0.2) is 0 Å². The Bertz CT molecular complexity index is 712. The summed E-state index contributed by atoms with van der Waals surface area (Å²) in [5.74, 6) is 0.568. The topological polar surface area (TPSA) is 51.3 Å². The highest BCUT2D eigenvalue weighted by molar-refractivity contribution is 5.83. The minimum absolute atomic E-state index is 0.0331. The first-order valence-electron chi connectivity index (χ1n) is 7.55. The minimum atomic E-state index is 0.0331. The van der Waals surface area contributed by atoms with Gasteiger partial charge in [-0.3, -0.25) is 9.36 Å². The first-order chi connectivity index (χ1) is 9.98. The van der Waals surface area contributed by atoms with Crippen molar-refractivity contribution in [2.75, 3.05) is 25.9 Å². The standard InChI is InChI=1S/C17H23N3O/c1-17(7-9-19(2)10-8-17)12-20-15(18)11-13-5-3-4-6-14(13)16(20)21/h3-6,11H,7-10,12,18H2,1-2H3. The zero-order chi connectivity index (χ0) is 15.0. The average Bonchev–Trinajstić information content (AvgIpc) is 2.47. The molecule has 1 saturated heterocycles. The Morgan fingerprint density at radius 2 is 1.90 bits per heavy atom. The third kappa shape index (κ3) is 2.68. The maximum absolute atomic E-state index is 12.7. The first kappa shape index (κ1) is 14.1. The van der Waals surface area contributed by atoms with Crippen LogP contribution in [-0.4, -0.2) is 29.6 Å². The van der Waals surface area contributed by atoms with Crippen LogP contribution in [0.15, 0.2) is 35.1 Å². The Morgan fingerprint density at radius 3 is 2.62 bits per heavy atom. The molecule has 112 valence electrons. The van der Waals surface area contributed by atoms with Crippen molar-refractivity contribution in [3.63, 3.8) is 0 Å². The Balaban J connectivity index is 1.99. The zero-order valence-corrected chi connectivity index (χ0v) is 12.8. The van der Waals surface area contributed by atoms with Gasteiger partial charge in [-0.2, -0.15) is 0 Å². The van der Waals surface area contributed by atoms with Gasteiger partial charge in [-0.1, -0.05) is 25.1 Å². The normalized spacial score (nSPS) is 19.0. The molecule has 1 aromatic carbocycles. The Kier molecular flexibility index (Phi) is 3.49. The second-order valence-corrected chi connectivity index (χ2v) is 6.66. The number of anilines is 1. The lowest BCUT2D eigenvalue weighted by molar-refractivity contribution is 0.120. The van der Waals surface area contributed by atoms with E-state index >= 15 is 0 Å². The summed E-state index contributed by atoms with van der Waals surface area (Å²) in [7, 11) is 2.15. The number of rotatable bonds is 2.